The second kappa shape index (κ2) is 7.65. The lowest BCUT2D eigenvalue weighted by Crippen LogP contribution is -2.28. The van der Waals surface area contributed by atoms with Crippen molar-refractivity contribution >= 4 is 12.6 Å². The third-order valence-corrected chi connectivity index (χ3v) is 3.35. The number of hydrogen-bond donors (Lipinski definition) is 1. The molecule has 0 unspecified atom stereocenters. The zero-order chi connectivity index (χ0) is 10.2. The van der Waals surface area contributed by atoms with E-state index in [1.807, 2.05) is 0 Å². The molecule has 13 heavy (non-hydrogen) atoms. The molecule has 2 nitrogen and oxygen atoms in total. The standard InChI is InChI=1S/C10H22O2S/c1-4-10(5-2,9-13)8-12-7-6-11-3/h13H,4-9H2,1-3H3. The second-order valence-corrected chi connectivity index (χ2v) is 3.73. The fraction of sp³-hybridized carbons (Fsp3) is 1.00. The van der Waals surface area contributed by atoms with Crippen LogP contribution >= 0.6 is 12.6 Å². The van der Waals surface area contributed by atoms with Crippen molar-refractivity contribution in [2.75, 3.05) is 32.7 Å². The molecule has 0 aromatic rings. The van der Waals surface area contributed by atoms with E-state index in [4.69, 9.17) is 9.47 Å². The van der Waals surface area contributed by atoms with Crippen LogP contribution in [-0.4, -0.2) is 32.7 Å². The minimum absolute atomic E-state index is 0.261. The van der Waals surface area contributed by atoms with E-state index in [1.54, 1.807) is 7.11 Å². The third kappa shape index (κ3) is 4.89. The van der Waals surface area contributed by atoms with Gasteiger partial charge in [0, 0.05) is 12.5 Å². The molecule has 0 radical (unpaired) electrons. The second-order valence-electron chi connectivity index (χ2n) is 3.41. The number of ether oxygens (including phenoxy) is 2. The quantitative estimate of drug-likeness (QED) is 0.485. The molecule has 0 aromatic carbocycles. The molecule has 0 N–H and O–H groups in total. The van der Waals surface area contributed by atoms with E-state index in [-0.39, 0.29) is 5.41 Å². The molecule has 0 saturated carbocycles. The fourth-order valence-corrected chi connectivity index (χ4v) is 1.69. The van der Waals surface area contributed by atoms with Crippen LogP contribution < -0.4 is 0 Å². The van der Waals surface area contributed by atoms with E-state index in [1.165, 1.54) is 0 Å². The number of rotatable bonds is 8. The molecular formula is C10H22O2S. The smallest absolute Gasteiger partial charge is 0.0700 e. The van der Waals surface area contributed by atoms with Gasteiger partial charge in [-0.1, -0.05) is 13.8 Å². The lowest BCUT2D eigenvalue weighted by atomic mass is 9.85. The molecule has 0 amide bonds. The largest absolute Gasteiger partial charge is 0.382 e. The molecule has 0 saturated heterocycles. The Morgan fingerprint density at radius 1 is 1.15 bits per heavy atom. The fourth-order valence-electron chi connectivity index (χ4n) is 1.15. The summed E-state index contributed by atoms with van der Waals surface area (Å²) in [6.45, 7) is 6.55. The van der Waals surface area contributed by atoms with Crippen LogP contribution in [0.5, 0.6) is 0 Å². The zero-order valence-electron chi connectivity index (χ0n) is 9.01. The highest BCUT2D eigenvalue weighted by Crippen LogP contribution is 2.27. The lowest BCUT2D eigenvalue weighted by Gasteiger charge is -2.29. The molecule has 0 aliphatic carbocycles. The van der Waals surface area contributed by atoms with Crippen molar-refractivity contribution < 1.29 is 9.47 Å². The summed E-state index contributed by atoms with van der Waals surface area (Å²) in [7, 11) is 1.69. The first kappa shape index (κ1) is 13.3. The van der Waals surface area contributed by atoms with E-state index in [0.29, 0.717) is 13.2 Å². The molecule has 3 heteroatoms. The molecule has 0 atom stereocenters. The van der Waals surface area contributed by atoms with Gasteiger partial charge >= 0.3 is 0 Å². The van der Waals surface area contributed by atoms with Crippen molar-refractivity contribution in [3.63, 3.8) is 0 Å². The van der Waals surface area contributed by atoms with E-state index in [9.17, 15) is 0 Å². The number of hydrogen-bond acceptors (Lipinski definition) is 3. The average molecular weight is 206 g/mol. The molecule has 0 rings (SSSR count). The van der Waals surface area contributed by atoms with E-state index >= 15 is 0 Å². The summed E-state index contributed by atoms with van der Waals surface area (Å²) in [5.41, 5.74) is 0.261. The van der Waals surface area contributed by atoms with Gasteiger partial charge in [0.2, 0.25) is 0 Å². The molecule has 80 valence electrons. The van der Waals surface area contributed by atoms with Gasteiger partial charge in [-0.05, 0) is 18.6 Å². The van der Waals surface area contributed by atoms with Crippen molar-refractivity contribution in [1.82, 2.24) is 0 Å². The SMILES string of the molecule is CCC(CC)(CS)COCCOC. The van der Waals surface area contributed by atoms with E-state index in [0.717, 1.165) is 25.2 Å². The molecule has 0 spiro atoms. The highest BCUT2D eigenvalue weighted by molar-refractivity contribution is 7.80. The van der Waals surface area contributed by atoms with Gasteiger partial charge in [0.25, 0.3) is 0 Å². The minimum Gasteiger partial charge on any atom is -0.382 e. The van der Waals surface area contributed by atoms with Crippen LogP contribution in [0, 0.1) is 5.41 Å². The van der Waals surface area contributed by atoms with Gasteiger partial charge in [0.05, 0.1) is 19.8 Å². The summed E-state index contributed by atoms with van der Waals surface area (Å²) in [5.74, 6) is 0.896. The maximum atomic E-state index is 5.54. The molecular weight excluding hydrogens is 184 g/mol. The van der Waals surface area contributed by atoms with Gasteiger partial charge in [-0.15, -0.1) is 0 Å². The van der Waals surface area contributed by atoms with Gasteiger partial charge in [0.1, 0.15) is 0 Å². The maximum Gasteiger partial charge on any atom is 0.0700 e. The first-order valence-electron chi connectivity index (χ1n) is 4.92. The van der Waals surface area contributed by atoms with Gasteiger partial charge in [-0.3, -0.25) is 0 Å². The van der Waals surface area contributed by atoms with E-state index in [2.05, 4.69) is 26.5 Å². The topological polar surface area (TPSA) is 18.5 Å². The van der Waals surface area contributed by atoms with Crippen LogP contribution in [-0.2, 0) is 9.47 Å². The van der Waals surface area contributed by atoms with Crippen LogP contribution in [0.15, 0.2) is 0 Å². The Hall–Kier alpha value is 0.270. The van der Waals surface area contributed by atoms with Gasteiger partial charge < -0.3 is 9.47 Å². The number of thiol groups is 1. The number of methoxy groups -OCH3 is 1. The Balaban J connectivity index is 3.68. The first-order valence-corrected chi connectivity index (χ1v) is 5.55. The van der Waals surface area contributed by atoms with Crippen molar-refractivity contribution in [3.8, 4) is 0 Å². The summed E-state index contributed by atoms with van der Waals surface area (Å²) in [6, 6.07) is 0. The minimum atomic E-state index is 0.261. The van der Waals surface area contributed by atoms with Crippen LogP contribution in [0.1, 0.15) is 26.7 Å². The summed E-state index contributed by atoms with van der Waals surface area (Å²) in [5, 5.41) is 0. The Morgan fingerprint density at radius 3 is 2.15 bits per heavy atom. The van der Waals surface area contributed by atoms with Gasteiger partial charge in [-0.2, -0.15) is 12.6 Å². The monoisotopic (exact) mass is 206 g/mol. The van der Waals surface area contributed by atoms with Crippen LogP contribution in [0.25, 0.3) is 0 Å². The third-order valence-electron chi connectivity index (χ3n) is 2.68. The molecule has 0 aliphatic heterocycles. The Morgan fingerprint density at radius 2 is 1.77 bits per heavy atom. The highest BCUT2D eigenvalue weighted by Gasteiger charge is 2.24. The maximum absolute atomic E-state index is 5.54. The van der Waals surface area contributed by atoms with Crippen LogP contribution in [0.2, 0.25) is 0 Å². The Labute approximate surface area is 87.4 Å². The summed E-state index contributed by atoms with van der Waals surface area (Å²) >= 11 is 4.38. The molecule has 0 bridgehead atoms. The Bertz CT molecular complexity index is 105. The zero-order valence-corrected chi connectivity index (χ0v) is 9.90. The molecule has 0 aromatic heterocycles. The highest BCUT2D eigenvalue weighted by atomic mass is 32.1. The van der Waals surface area contributed by atoms with Crippen molar-refractivity contribution in [1.29, 1.82) is 0 Å². The van der Waals surface area contributed by atoms with Crippen LogP contribution in [0.4, 0.5) is 0 Å². The van der Waals surface area contributed by atoms with Gasteiger partial charge in [-0.25, -0.2) is 0 Å². The normalized spacial score (nSPS) is 12.0. The van der Waals surface area contributed by atoms with Gasteiger partial charge in [0.15, 0.2) is 0 Å². The first-order chi connectivity index (χ1) is 6.24. The van der Waals surface area contributed by atoms with Crippen LogP contribution in [0.3, 0.4) is 0 Å². The lowest BCUT2D eigenvalue weighted by molar-refractivity contribution is 0.0206. The van der Waals surface area contributed by atoms with E-state index < -0.39 is 0 Å². The predicted octanol–water partition coefficient (Wildman–Crippen LogP) is 2.39. The predicted molar refractivity (Wildman–Crippen MR) is 59.6 cm³/mol. The summed E-state index contributed by atoms with van der Waals surface area (Å²) in [4.78, 5) is 0. The summed E-state index contributed by atoms with van der Waals surface area (Å²) < 4.78 is 10.5. The molecule has 0 fully saturated rings. The van der Waals surface area contributed by atoms with Crippen molar-refractivity contribution in [2.45, 2.75) is 26.7 Å². The Kier molecular flexibility index (Phi) is 7.81. The molecule has 0 aliphatic rings. The molecule has 0 heterocycles. The summed E-state index contributed by atoms with van der Waals surface area (Å²) in [6.07, 6.45) is 2.25. The average Bonchev–Trinajstić information content (AvgIpc) is 2.20. The van der Waals surface area contributed by atoms with Crippen molar-refractivity contribution in [3.05, 3.63) is 0 Å². The van der Waals surface area contributed by atoms with Crippen molar-refractivity contribution in [2.24, 2.45) is 5.41 Å².